The Balaban J connectivity index is 3.32. The molecule has 1 heteroatoms. The van der Waals surface area contributed by atoms with E-state index in [0.29, 0.717) is 0 Å². The van der Waals surface area contributed by atoms with Crippen molar-refractivity contribution in [2.75, 3.05) is 0 Å². The van der Waals surface area contributed by atoms with Crippen LogP contribution in [0.15, 0.2) is 36.6 Å². The van der Waals surface area contributed by atoms with Gasteiger partial charge in [0.25, 0.3) is 0 Å². The first-order valence-electron chi connectivity index (χ1n) is 3.54. The first-order chi connectivity index (χ1) is 4.91. The zero-order valence-corrected chi connectivity index (χ0v) is 6.33. The predicted molar refractivity (Wildman–Crippen MR) is 45.0 cm³/mol. The monoisotopic (exact) mass is 138 g/mol. The van der Waals surface area contributed by atoms with Crippen LogP contribution in [0.2, 0.25) is 0 Å². The molecule has 0 saturated heterocycles. The van der Waals surface area contributed by atoms with Crippen LogP contribution in [0.1, 0.15) is 19.8 Å². The number of hydrogen-bond acceptors (Lipinski definition) is 1. The van der Waals surface area contributed by atoms with Crippen LogP contribution in [-0.4, -0.2) is 5.11 Å². The average Bonchev–Trinajstić information content (AvgIpc) is 1.97. The highest BCUT2D eigenvalue weighted by Crippen LogP contribution is 1.88. The van der Waals surface area contributed by atoms with Gasteiger partial charge < -0.3 is 5.11 Å². The summed E-state index contributed by atoms with van der Waals surface area (Å²) in [6.07, 6.45) is 12.6. The lowest BCUT2D eigenvalue weighted by molar-refractivity contribution is 0.474. The van der Waals surface area contributed by atoms with Crippen molar-refractivity contribution in [3.05, 3.63) is 36.6 Å². The van der Waals surface area contributed by atoms with Crippen LogP contribution >= 0.6 is 0 Å². The molecule has 0 spiro atoms. The third-order valence-electron chi connectivity index (χ3n) is 1.01. The molecular formula is C9H14O. The van der Waals surface area contributed by atoms with E-state index in [1.165, 1.54) is 6.42 Å². The van der Waals surface area contributed by atoms with Gasteiger partial charge in [0.05, 0.1) is 6.26 Å². The molecule has 0 aliphatic rings. The molecule has 0 aromatic heterocycles. The van der Waals surface area contributed by atoms with E-state index in [-0.39, 0.29) is 0 Å². The molecule has 0 aromatic rings. The van der Waals surface area contributed by atoms with Gasteiger partial charge in [0.2, 0.25) is 0 Å². The summed E-state index contributed by atoms with van der Waals surface area (Å²) in [5, 5.41) is 8.21. The molecule has 0 bridgehead atoms. The molecule has 0 unspecified atom stereocenters. The van der Waals surface area contributed by atoms with Crippen molar-refractivity contribution < 1.29 is 5.11 Å². The third-order valence-corrected chi connectivity index (χ3v) is 1.01. The van der Waals surface area contributed by atoms with Crippen LogP contribution < -0.4 is 0 Å². The second-order valence-corrected chi connectivity index (χ2v) is 1.94. The Morgan fingerprint density at radius 2 is 1.80 bits per heavy atom. The van der Waals surface area contributed by atoms with Crippen molar-refractivity contribution in [3.8, 4) is 0 Å². The fraction of sp³-hybridized carbons (Fsp3) is 0.333. The second-order valence-electron chi connectivity index (χ2n) is 1.94. The first kappa shape index (κ1) is 9.02. The van der Waals surface area contributed by atoms with E-state index in [4.69, 9.17) is 5.11 Å². The van der Waals surface area contributed by atoms with E-state index in [9.17, 15) is 0 Å². The lowest BCUT2D eigenvalue weighted by atomic mass is 10.3. The van der Waals surface area contributed by atoms with Crippen molar-refractivity contribution in [2.24, 2.45) is 0 Å². The van der Waals surface area contributed by atoms with Gasteiger partial charge in [-0.2, -0.15) is 0 Å². The Bertz CT molecular complexity index is 132. The van der Waals surface area contributed by atoms with Gasteiger partial charge in [-0.15, -0.1) is 0 Å². The summed E-state index contributed by atoms with van der Waals surface area (Å²) in [5.74, 6) is 0. The summed E-state index contributed by atoms with van der Waals surface area (Å²) < 4.78 is 0. The van der Waals surface area contributed by atoms with Gasteiger partial charge in [0.1, 0.15) is 0 Å². The molecule has 0 fully saturated rings. The normalized spacial score (nSPS) is 12.5. The number of rotatable bonds is 4. The first-order valence-corrected chi connectivity index (χ1v) is 3.54. The van der Waals surface area contributed by atoms with Gasteiger partial charge >= 0.3 is 0 Å². The summed E-state index contributed by atoms with van der Waals surface area (Å²) in [6, 6.07) is 0. The minimum absolute atomic E-state index is 1.02. The molecule has 0 rings (SSSR count). The van der Waals surface area contributed by atoms with Crippen molar-refractivity contribution in [1.82, 2.24) is 0 Å². The van der Waals surface area contributed by atoms with Crippen LogP contribution in [0.25, 0.3) is 0 Å². The van der Waals surface area contributed by atoms with Crippen LogP contribution in [0.3, 0.4) is 0 Å². The van der Waals surface area contributed by atoms with Crippen molar-refractivity contribution in [3.63, 3.8) is 0 Å². The smallest absolute Gasteiger partial charge is 0.0791 e. The van der Waals surface area contributed by atoms with E-state index in [0.717, 1.165) is 12.7 Å². The molecule has 0 aliphatic carbocycles. The van der Waals surface area contributed by atoms with Crippen LogP contribution in [0.4, 0.5) is 0 Å². The highest BCUT2D eigenvalue weighted by molar-refractivity contribution is 5.09. The minimum Gasteiger partial charge on any atom is -0.516 e. The minimum atomic E-state index is 1.02. The molecular weight excluding hydrogens is 124 g/mol. The number of unbranched alkanes of at least 4 members (excludes halogenated alkanes) is 1. The highest BCUT2D eigenvalue weighted by atomic mass is 16.2. The number of hydrogen-bond donors (Lipinski definition) is 1. The molecule has 10 heavy (non-hydrogen) atoms. The van der Waals surface area contributed by atoms with Gasteiger partial charge in [-0.05, 0) is 12.5 Å². The summed E-state index contributed by atoms with van der Waals surface area (Å²) in [5.41, 5.74) is 0. The maximum absolute atomic E-state index is 8.21. The van der Waals surface area contributed by atoms with E-state index >= 15 is 0 Å². The topological polar surface area (TPSA) is 20.2 Å². The molecule has 1 nitrogen and oxygen atoms in total. The summed E-state index contributed by atoms with van der Waals surface area (Å²) in [4.78, 5) is 0. The SMILES string of the molecule is CCC/C=C/C=C/C=C/O. The molecule has 0 aromatic carbocycles. The number of aliphatic hydroxyl groups is 1. The molecule has 1 N–H and O–H groups in total. The number of aliphatic hydroxyl groups excluding tert-OH is 1. The van der Waals surface area contributed by atoms with E-state index in [2.05, 4.69) is 13.0 Å². The lowest BCUT2D eigenvalue weighted by Crippen LogP contribution is -1.58. The molecule has 0 amide bonds. The second kappa shape index (κ2) is 8.02. The maximum atomic E-state index is 8.21. The van der Waals surface area contributed by atoms with Gasteiger partial charge in [0, 0.05) is 0 Å². The Hall–Kier alpha value is -0.980. The highest BCUT2D eigenvalue weighted by Gasteiger charge is 1.68. The fourth-order valence-corrected chi connectivity index (χ4v) is 0.519. The third kappa shape index (κ3) is 7.02. The van der Waals surface area contributed by atoms with Crippen molar-refractivity contribution in [2.45, 2.75) is 19.8 Å². The largest absolute Gasteiger partial charge is 0.516 e. The Kier molecular flexibility index (Phi) is 7.23. The Morgan fingerprint density at radius 3 is 2.40 bits per heavy atom. The predicted octanol–water partition coefficient (Wildman–Crippen LogP) is 2.97. The zero-order valence-electron chi connectivity index (χ0n) is 6.33. The molecule has 0 atom stereocenters. The summed E-state index contributed by atoms with van der Waals surface area (Å²) >= 11 is 0. The fourth-order valence-electron chi connectivity index (χ4n) is 0.519. The quantitative estimate of drug-likeness (QED) is 0.467. The van der Waals surface area contributed by atoms with Crippen molar-refractivity contribution >= 4 is 0 Å². The Labute approximate surface area is 62.4 Å². The standard InChI is InChI=1S/C9H14O/c1-2-3-4-5-6-7-8-9-10/h4-10H,2-3H2,1H3/b5-4+,7-6+,9-8+. The van der Waals surface area contributed by atoms with E-state index < -0.39 is 0 Å². The van der Waals surface area contributed by atoms with E-state index in [1.807, 2.05) is 12.2 Å². The van der Waals surface area contributed by atoms with Gasteiger partial charge in [-0.3, -0.25) is 0 Å². The maximum Gasteiger partial charge on any atom is 0.0791 e. The lowest BCUT2D eigenvalue weighted by Gasteiger charge is -1.78. The molecule has 0 aliphatic heterocycles. The molecule has 56 valence electrons. The Morgan fingerprint density at radius 1 is 1.10 bits per heavy atom. The van der Waals surface area contributed by atoms with Gasteiger partial charge in [0.15, 0.2) is 0 Å². The van der Waals surface area contributed by atoms with E-state index in [1.54, 1.807) is 12.2 Å². The molecule has 0 radical (unpaired) electrons. The van der Waals surface area contributed by atoms with Crippen LogP contribution in [0.5, 0.6) is 0 Å². The number of allylic oxidation sites excluding steroid dienone is 5. The van der Waals surface area contributed by atoms with Crippen LogP contribution in [0, 0.1) is 0 Å². The molecule has 0 saturated carbocycles. The van der Waals surface area contributed by atoms with Gasteiger partial charge in [-0.1, -0.05) is 37.6 Å². The molecule has 0 heterocycles. The summed E-state index contributed by atoms with van der Waals surface area (Å²) in [7, 11) is 0. The summed E-state index contributed by atoms with van der Waals surface area (Å²) in [6.45, 7) is 2.14. The zero-order chi connectivity index (χ0) is 7.66. The van der Waals surface area contributed by atoms with Gasteiger partial charge in [-0.25, -0.2) is 0 Å². The van der Waals surface area contributed by atoms with Crippen LogP contribution in [-0.2, 0) is 0 Å². The average molecular weight is 138 g/mol. The van der Waals surface area contributed by atoms with Crippen molar-refractivity contribution in [1.29, 1.82) is 0 Å².